The van der Waals surface area contributed by atoms with E-state index in [9.17, 15) is 0 Å². The fourth-order valence-electron chi connectivity index (χ4n) is 0.862. The molecule has 0 unspecified atom stereocenters. The predicted molar refractivity (Wildman–Crippen MR) is 44.8 cm³/mol. The van der Waals surface area contributed by atoms with Crippen molar-refractivity contribution in [3.8, 4) is 5.82 Å². The zero-order valence-electron chi connectivity index (χ0n) is 6.62. The van der Waals surface area contributed by atoms with E-state index in [1.165, 1.54) is 23.5 Å². The standard InChI is InChI=1S/C6H7N7/c7-12-5-1-8-2-6(11-5)13-4-9-3-10-13/h1-4H,7H2,(H,11,12). The first kappa shape index (κ1) is 7.62. The highest BCUT2D eigenvalue weighted by atomic mass is 15.4. The maximum atomic E-state index is 5.17. The molecule has 0 aromatic carbocycles. The highest BCUT2D eigenvalue weighted by molar-refractivity contribution is 5.33. The van der Waals surface area contributed by atoms with Gasteiger partial charge in [0, 0.05) is 0 Å². The van der Waals surface area contributed by atoms with E-state index in [1.807, 2.05) is 0 Å². The first-order valence-electron chi connectivity index (χ1n) is 3.54. The Kier molecular flexibility index (Phi) is 1.85. The summed E-state index contributed by atoms with van der Waals surface area (Å²) < 4.78 is 1.49. The summed E-state index contributed by atoms with van der Waals surface area (Å²) in [6.45, 7) is 0. The van der Waals surface area contributed by atoms with Crippen molar-refractivity contribution in [1.29, 1.82) is 0 Å². The van der Waals surface area contributed by atoms with Gasteiger partial charge in [0.2, 0.25) is 0 Å². The SMILES string of the molecule is NNc1cncc(-n2cncn2)n1. The number of nitrogens with one attached hydrogen (secondary N) is 1. The first-order valence-corrected chi connectivity index (χ1v) is 3.54. The molecule has 0 atom stereocenters. The van der Waals surface area contributed by atoms with E-state index in [4.69, 9.17) is 5.84 Å². The van der Waals surface area contributed by atoms with Crippen LogP contribution in [-0.4, -0.2) is 24.7 Å². The highest BCUT2D eigenvalue weighted by Crippen LogP contribution is 2.02. The lowest BCUT2D eigenvalue weighted by molar-refractivity contribution is 0.836. The van der Waals surface area contributed by atoms with Crippen LogP contribution in [0.4, 0.5) is 5.82 Å². The minimum absolute atomic E-state index is 0.480. The summed E-state index contributed by atoms with van der Waals surface area (Å²) in [6, 6.07) is 0. The first-order chi connectivity index (χ1) is 6.40. The van der Waals surface area contributed by atoms with Crippen LogP contribution in [0.25, 0.3) is 5.82 Å². The van der Waals surface area contributed by atoms with Gasteiger partial charge in [0.15, 0.2) is 11.6 Å². The van der Waals surface area contributed by atoms with Crippen LogP contribution in [0.2, 0.25) is 0 Å². The van der Waals surface area contributed by atoms with E-state index in [0.29, 0.717) is 11.6 Å². The smallest absolute Gasteiger partial charge is 0.175 e. The predicted octanol–water partition coefficient (Wildman–Crippen LogP) is -0.657. The molecule has 0 radical (unpaired) electrons. The summed E-state index contributed by atoms with van der Waals surface area (Å²) in [6.07, 6.45) is 6.03. The second kappa shape index (κ2) is 3.15. The molecule has 2 aromatic rings. The zero-order chi connectivity index (χ0) is 9.10. The Morgan fingerprint density at radius 3 is 2.92 bits per heavy atom. The molecule has 0 aliphatic rings. The molecular formula is C6H7N7. The molecule has 0 aliphatic carbocycles. The molecule has 13 heavy (non-hydrogen) atoms. The molecule has 2 aromatic heterocycles. The normalized spacial score (nSPS) is 9.92. The van der Waals surface area contributed by atoms with Crippen LogP contribution in [0.1, 0.15) is 0 Å². The lowest BCUT2D eigenvalue weighted by Gasteiger charge is -2.00. The van der Waals surface area contributed by atoms with Gasteiger partial charge in [-0.05, 0) is 0 Å². The van der Waals surface area contributed by atoms with Crippen LogP contribution in [0.15, 0.2) is 25.0 Å². The number of hydrogen-bond donors (Lipinski definition) is 2. The minimum atomic E-state index is 0.480. The van der Waals surface area contributed by atoms with Crippen LogP contribution in [-0.2, 0) is 0 Å². The maximum absolute atomic E-state index is 5.17. The largest absolute Gasteiger partial charge is 0.307 e. The number of aromatic nitrogens is 5. The van der Waals surface area contributed by atoms with Gasteiger partial charge in [-0.1, -0.05) is 0 Å². The number of hydrogen-bond acceptors (Lipinski definition) is 6. The van der Waals surface area contributed by atoms with Crippen LogP contribution < -0.4 is 11.3 Å². The van der Waals surface area contributed by atoms with E-state index in [-0.39, 0.29) is 0 Å². The third-order valence-electron chi connectivity index (χ3n) is 1.42. The molecule has 2 rings (SSSR count). The summed E-state index contributed by atoms with van der Waals surface area (Å²) in [5.74, 6) is 6.22. The molecule has 0 saturated heterocycles. The molecule has 0 spiro atoms. The Morgan fingerprint density at radius 1 is 1.31 bits per heavy atom. The quantitative estimate of drug-likeness (QED) is 0.467. The van der Waals surface area contributed by atoms with Crippen molar-refractivity contribution in [3.05, 3.63) is 25.0 Å². The van der Waals surface area contributed by atoms with Gasteiger partial charge in [0.25, 0.3) is 0 Å². The molecule has 0 aliphatic heterocycles. The van der Waals surface area contributed by atoms with Crippen molar-refractivity contribution >= 4 is 5.82 Å². The number of nitrogen functional groups attached to an aromatic ring is 1. The third kappa shape index (κ3) is 1.44. The van der Waals surface area contributed by atoms with E-state index in [0.717, 1.165) is 0 Å². The molecule has 7 nitrogen and oxygen atoms in total. The fraction of sp³-hybridized carbons (Fsp3) is 0. The van der Waals surface area contributed by atoms with Crippen LogP contribution >= 0.6 is 0 Å². The van der Waals surface area contributed by atoms with Crippen molar-refractivity contribution in [3.63, 3.8) is 0 Å². The van der Waals surface area contributed by atoms with Gasteiger partial charge in [0.1, 0.15) is 12.7 Å². The van der Waals surface area contributed by atoms with Crippen LogP contribution in [0.3, 0.4) is 0 Å². The summed E-state index contributed by atoms with van der Waals surface area (Å²) in [5, 5.41) is 3.90. The minimum Gasteiger partial charge on any atom is -0.307 e. The van der Waals surface area contributed by atoms with Crippen molar-refractivity contribution < 1.29 is 0 Å². The highest BCUT2D eigenvalue weighted by Gasteiger charge is 1.99. The lowest BCUT2D eigenvalue weighted by atomic mass is 10.6. The number of anilines is 1. The number of nitrogens with zero attached hydrogens (tertiary/aromatic N) is 5. The molecule has 0 saturated carbocycles. The fourth-order valence-corrected chi connectivity index (χ4v) is 0.862. The number of rotatable bonds is 2. The average molecular weight is 177 g/mol. The second-order valence-electron chi connectivity index (χ2n) is 2.25. The maximum Gasteiger partial charge on any atom is 0.175 e. The monoisotopic (exact) mass is 177 g/mol. The van der Waals surface area contributed by atoms with Gasteiger partial charge in [-0.2, -0.15) is 5.10 Å². The van der Waals surface area contributed by atoms with Gasteiger partial charge in [0.05, 0.1) is 12.4 Å². The van der Waals surface area contributed by atoms with E-state index >= 15 is 0 Å². The summed E-state index contributed by atoms with van der Waals surface area (Å²) >= 11 is 0. The van der Waals surface area contributed by atoms with E-state index in [1.54, 1.807) is 6.20 Å². The van der Waals surface area contributed by atoms with E-state index in [2.05, 4.69) is 25.5 Å². The molecule has 3 N–H and O–H groups in total. The summed E-state index contributed by atoms with van der Waals surface area (Å²) in [5.41, 5.74) is 2.39. The summed E-state index contributed by atoms with van der Waals surface area (Å²) in [4.78, 5) is 11.8. The molecule has 66 valence electrons. The number of nitrogens with two attached hydrogens (primary N) is 1. The van der Waals surface area contributed by atoms with Crippen molar-refractivity contribution in [2.24, 2.45) is 5.84 Å². The van der Waals surface area contributed by atoms with Crippen molar-refractivity contribution in [1.82, 2.24) is 24.7 Å². The van der Waals surface area contributed by atoms with Crippen LogP contribution in [0.5, 0.6) is 0 Å². The second-order valence-corrected chi connectivity index (χ2v) is 2.25. The molecular weight excluding hydrogens is 170 g/mol. The van der Waals surface area contributed by atoms with Crippen LogP contribution in [0, 0.1) is 0 Å². The van der Waals surface area contributed by atoms with Crippen molar-refractivity contribution in [2.75, 3.05) is 5.43 Å². The molecule has 7 heteroatoms. The van der Waals surface area contributed by atoms with Gasteiger partial charge in [-0.15, -0.1) is 0 Å². The summed E-state index contributed by atoms with van der Waals surface area (Å²) in [7, 11) is 0. The lowest BCUT2D eigenvalue weighted by Crippen LogP contribution is -2.10. The molecule has 2 heterocycles. The Bertz CT molecular complexity index is 382. The Morgan fingerprint density at radius 2 is 2.23 bits per heavy atom. The zero-order valence-corrected chi connectivity index (χ0v) is 6.62. The van der Waals surface area contributed by atoms with Gasteiger partial charge in [-0.3, -0.25) is 4.98 Å². The Balaban J connectivity index is 2.41. The van der Waals surface area contributed by atoms with Crippen molar-refractivity contribution in [2.45, 2.75) is 0 Å². The molecule has 0 fully saturated rings. The number of hydrazine groups is 1. The topological polar surface area (TPSA) is 94.5 Å². The molecule has 0 amide bonds. The molecule has 0 bridgehead atoms. The average Bonchev–Trinajstić information content (AvgIpc) is 2.71. The van der Waals surface area contributed by atoms with E-state index < -0.39 is 0 Å². The van der Waals surface area contributed by atoms with Gasteiger partial charge >= 0.3 is 0 Å². The third-order valence-corrected chi connectivity index (χ3v) is 1.42. The van der Waals surface area contributed by atoms with Gasteiger partial charge < -0.3 is 5.43 Å². The Hall–Kier alpha value is -2.02. The Labute approximate surface area is 73.6 Å². The van der Waals surface area contributed by atoms with Gasteiger partial charge in [-0.25, -0.2) is 20.5 Å².